The van der Waals surface area contributed by atoms with Gasteiger partial charge in [-0.2, -0.15) is 0 Å². The van der Waals surface area contributed by atoms with Crippen molar-refractivity contribution < 1.29 is 9.59 Å². The van der Waals surface area contributed by atoms with E-state index in [4.69, 9.17) is 0 Å². The first-order valence-corrected chi connectivity index (χ1v) is 10.5. The molecule has 30 heavy (non-hydrogen) atoms. The van der Waals surface area contributed by atoms with Crippen molar-refractivity contribution in [2.45, 2.75) is 31.7 Å². The van der Waals surface area contributed by atoms with Crippen LogP contribution in [-0.2, 0) is 11.2 Å². The van der Waals surface area contributed by atoms with E-state index >= 15 is 0 Å². The van der Waals surface area contributed by atoms with E-state index < -0.39 is 6.04 Å². The number of hydrogen-bond acceptors (Lipinski definition) is 7. The third kappa shape index (κ3) is 3.06. The molecule has 0 radical (unpaired) electrons. The highest BCUT2D eigenvalue weighted by Crippen LogP contribution is 2.63. The number of hydrogen-bond donors (Lipinski definition) is 1. The molecule has 2 aliphatic rings. The molecule has 2 aromatic heterocycles. The van der Waals surface area contributed by atoms with Gasteiger partial charge in [-0.25, -0.2) is 4.98 Å². The fourth-order valence-electron chi connectivity index (χ4n) is 4.14. The molecular formula is C21H20N6O2S. The first-order chi connectivity index (χ1) is 14.5. The minimum Gasteiger partial charge on any atom is -0.338 e. The maximum absolute atomic E-state index is 13.2. The lowest BCUT2D eigenvalue weighted by molar-refractivity contribution is -0.121. The standard InChI is InChI=1S/C21H20N6O2S/c1-21-11-13(21)15-17(23-9-8-22-15)27(2)20(29)16(21)24-18(28)19-26-25-14(30-19)10-12-6-4-3-5-7-12/h3-9,13,16H,10-11H2,1-2H3,(H,24,28)/t13-,16+,21?/m0/s1. The van der Waals surface area contributed by atoms with Crippen LogP contribution in [0.1, 0.15) is 45.3 Å². The molecule has 1 saturated carbocycles. The molecule has 3 heterocycles. The number of benzene rings is 1. The van der Waals surface area contributed by atoms with Gasteiger partial charge in [-0.05, 0) is 12.0 Å². The number of aromatic nitrogens is 4. The molecule has 3 aromatic rings. The van der Waals surface area contributed by atoms with Gasteiger partial charge in [0.2, 0.25) is 5.01 Å². The van der Waals surface area contributed by atoms with Crippen LogP contribution >= 0.6 is 11.3 Å². The van der Waals surface area contributed by atoms with Crippen LogP contribution in [0, 0.1) is 5.41 Å². The molecule has 3 atom stereocenters. The van der Waals surface area contributed by atoms with Gasteiger partial charge in [0.05, 0.1) is 5.69 Å². The minimum atomic E-state index is -0.669. The fraction of sp³-hybridized carbons (Fsp3) is 0.333. The molecule has 5 rings (SSSR count). The molecule has 2 amide bonds. The number of carbonyl (C=O) groups is 2. The summed E-state index contributed by atoms with van der Waals surface area (Å²) in [5.74, 6) is 0.0800. The van der Waals surface area contributed by atoms with Gasteiger partial charge in [0, 0.05) is 37.2 Å². The van der Waals surface area contributed by atoms with Gasteiger partial charge in [0.1, 0.15) is 11.0 Å². The van der Waals surface area contributed by atoms with Crippen molar-refractivity contribution in [2.75, 3.05) is 11.9 Å². The lowest BCUT2D eigenvalue weighted by Gasteiger charge is -2.26. The summed E-state index contributed by atoms with van der Waals surface area (Å²) < 4.78 is 0. The Hall–Kier alpha value is -3.20. The highest BCUT2D eigenvalue weighted by atomic mass is 32.1. The van der Waals surface area contributed by atoms with Crippen LogP contribution in [0.15, 0.2) is 42.7 Å². The number of fused-ring (bicyclic) bond motifs is 3. The van der Waals surface area contributed by atoms with Crippen LogP contribution in [-0.4, -0.2) is 45.1 Å². The lowest BCUT2D eigenvalue weighted by Crippen LogP contribution is -2.51. The van der Waals surface area contributed by atoms with Gasteiger partial charge >= 0.3 is 0 Å². The van der Waals surface area contributed by atoms with Crippen LogP contribution in [0.5, 0.6) is 0 Å². The Morgan fingerprint density at radius 1 is 1.23 bits per heavy atom. The second kappa shape index (κ2) is 6.94. The first-order valence-electron chi connectivity index (χ1n) is 9.73. The zero-order chi connectivity index (χ0) is 20.9. The molecule has 8 nitrogen and oxygen atoms in total. The molecule has 1 aromatic carbocycles. The molecule has 1 aliphatic heterocycles. The van der Waals surface area contributed by atoms with Crippen LogP contribution in [0.2, 0.25) is 0 Å². The molecular weight excluding hydrogens is 400 g/mol. The summed E-state index contributed by atoms with van der Waals surface area (Å²) in [6.45, 7) is 2.01. The summed E-state index contributed by atoms with van der Waals surface area (Å²) in [4.78, 5) is 36.4. The fourth-order valence-corrected chi connectivity index (χ4v) is 4.92. The number of anilines is 1. The summed E-state index contributed by atoms with van der Waals surface area (Å²) in [6, 6.07) is 9.24. The van der Waals surface area contributed by atoms with Gasteiger partial charge in [0.15, 0.2) is 5.82 Å². The van der Waals surface area contributed by atoms with Crippen LogP contribution in [0.3, 0.4) is 0 Å². The molecule has 152 valence electrons. The maximum atomic E-state index is 13.2. The third-order valence-electron chi connectivity index (χ3n) is 6.01. The Balaban J connectivity index is 1.36. The Kier molecular flexibility index (Phi) is 4.35. The smallest absolute Gasteiger partial charge is 0.282 e. The normalized spacial score (nSPS) is 24.6. The van der Waals surface area contributed by atoms with Crippen LogP contribution in [0.4, 0.5) is 5.82 Å². The average molecular weight is 420 g/mol. The zero-order valence-electron chi connectivity index (χ0n) is 16.6. The van der Waals surface area contributed by atoms with Crippen LogP contribution < -0.4 is 10.2 Å². The molecule has 1 unspecified atom stereocenters. The minimum absolute atomic E-state index is 0.0865. The summed E-state index contributed by atoms with van der Waals surface area (Å²) in [6.07, 6.45) is 4.61. The molecule has 1 aliphatic carbocycles. The Morgan fingerprint density at radius 2 is 2.00 bits per heavy atom. The number of rotatable bonds is 4. The third-order valence-corrected chi connectivity index (χ3v) is 6.93. The number of amides is 2. The highest BCUT2D eigenvalue weighted by molar-refractivity contribution is 7.13. The SMILES string of the molecule is CN1C(=O)[C@@H](NC(=O)c2nnc(Cc3ccccc3)s2)C2(C)C[C@H]2c2nccnc21. The van der Waals surface area contributed by atoms with E-state index in [2.05, 4.69) is 25.5 Å². The van der Waals surface area contributed by atoms with Crippen molar-refractivity contribution in [3.05, 3.63) is 64.0 Å². The second-order valence-electron chi connectivity index (χ2n) is 7.99. The Labute approximate surface area is 177 Å². The first kappa shape index (κ1) is 18.8. The summed E-state index contributed by atoms with van der Waals surface area (Å²) in [5.41, 5.74) is 1.53. The molecule has 0 bridgehead atoms. The zero-order valence-corrected chi connectivity index (χ0v) is 17.4. The Bertz CT molecular complexity index is 1130. The molecule has 1 fully saturated rings. The number of likely N-dealkylation sites (N-methyl/N-ethyl adjacent to an activating group) is 1. The van der Waals surface area contributed by atoms with Gasteiger partial charge in [-0.1, -0.05) is 48.6 Å². The average Bonchev–Trinajstić information content (AvgIpc) is 3.24. The van der Waals surface area contributed by atoms with Crippen LogP contribution in [0.25, 0.3) is 0 Å². The predicted molar refractivity (Wildman–Crippen MR) is 111 cm³/mol. The van der Waals surface area contributed by atoms with Gasteiger partial charge in [-0.15, -0.1) is 10.2 Å². The van der Waals surface area contributed by atoms with E-state index in [1.807, 2.05) is 37.3 Å². The van der Waals surface area contributed by atoms with E-state index in [-0.39, 0.29) is 28.2 Å². The monoisotopic (exact) mass is 420 g/mol. The van der Waals surface area contributed by atoms with E-state index in [9.17, 15) is 9.59 Å². The summed E-state index contributed by atoms with van der Waals surface area (Å²) in [7, 11) is 1.67. The van der Waals surface area contributed by atoms with Crippen molar-refractivity contribution in [3.63, 3.8) is 0 Å². The van der Waals surface area contributed by atoms with Gasteiger partial charge < -0.3 is 5.32 Å². The molecule has 1 N–H and O–H groups in total. The number of nitrogens with zero attached hydrogens (tertiary/aromatic N) is 5. The second-order valence-corrected chi connectivity index (χ2v) is 9.06. The number of nitrogens with one attached hydrogen (secondary N) is 1. The van der Waals surface area contributed by atoms with E-state index in [0.717, 1.165) is 22.7 Å². The van der Waals surface area contributed by atoms with Crippen molar-refractivity contribution in [3.8, 4) is 0 Å². The summed E-state index contributed by atoms with van der Waals surface area (Å²) in [5, 5.41) is 12.1. The molecule has 9 heteroatoms. The van der Waals surface area contributed by atoms with E-state index in [0.29, 0.717) is 12.2 Å². The van der Waals surface area contributed by atoms with Crippen molar-refractivity contribution in [2.24, 2.45) is 5.41 Å². The van der Waals surface area contributed by atoms with Gasteiger partial charge in [0.25, 0.3) is 11.8 Å². The maximum Gasteiger partial charge on any atom is 0.282 e. The van der Waals surface area contributed by atoms with E-state index in [1.165, 1.54) is 16.2 Å². The molecule has 0 spiro atoms. The van der Waals surface area contributed by atoms with E-state index in [1.54, 1.807) is 19.4 Å². The molecule has 0 saturated heterocycles. The van der Waals surface area contributed by atoms with Crippen molar-refractivity contribution in [1.82, 2.24) is 25.5 Å². The van der Waals surface area contributed by atoms with Crippen molar-refractivity contribution in [1.29, 1.82) is 0 Å². The number of carbonyl (C=O) groups excluding carboxylic acids is 2. The Morgan fingerprint density at radius 3 is 2.80 bits per heavy atom. The quantitative estimate of drug-likeness (QED) is 0.694. The summed E-state index contributed by atoms with van der Waals surface area (Å²) >= 11 is 1.25. The van der Waals surface area contributed by atoms with Gasteiger partial charge in [-0.3, -0.25) is 19.5 Å². The predicted octanol–water partition coefficient (Wildman–Crippen LogP) is 2.19. The highest BCUT2D eigenvalue weighted by Gasteiger charge is 2.62. The lowest BCUT2D eigenvalue weighted by atomic mass is 9.94. The topological polar surface area (TPSA) is 101 Å². The largest absolute Gasteiger partial charge is 0.338 e. The van der Waals surface area contributed by atoms with Crippen molar-refractivity contribution >= 4 is 29.0 Å².